The van der Waals surface area contributed by atoms with E-state index in [1.165, 1.54) is 0 Å². The fourth-order valence-electron chi connectivity index (χ4n) is 4.30. The minimum Gasteiger partial charge on any atom is -0.373 e. The Labute approximate surface area is 190 Å². The lowest BCUT2D eigenvalue weighted by molar-refractivity contribution is -0.133. The quantitative estimate of drug-likeness (QED) is 0.503. The van der Waals surface area contributed by atoms with Gasteiger partial charge in [0.1, 0.15) is 23.8 Å². The zero-order chi connectivity index (χ0) is 21.4. The minimum absolute atomic E-state index is 0.138. The molecular weight excluding hydrogens is 435 g/mol. The molecule has 0 spiro atoms. The highest BCUT2D eigenvalue weighted by Gasteiger charge is 2.39. The predicted molar refractivity (Wildman–Crippen MR) is 124 cm³/mol. The second-order valence-corrected chi connectivity index (χ2v) is 9.22. The van der Waals surface area contributed by atoms with Crippen molar-refractivity contribution < 1.29 is 4.79 Å². The number of piperidine rings is 1. The van der Waals surface area contributed by atoms with E-state index in [0.717, 1.165) is 54.8 Å². The van der Waals surface area contributed by atoms with E-state index < -0.39 is 0 Å². The van der Waals surface area contributed by atoms with Crippen LogP contribution in [-0.2, 0) is 4.79 Å². The molecule has 1 aliphatic carbocycles. The van der Waals surface area contributed by atoms with Crippen LogP contribution < -0.4 is 10.6 Å². The maximum Gasteiger partial charge on any atom is 0.245 e. The topological polar surface area (TPSA) is 85.9 Å². The Bertz CT molecular complexity index is 1080. The summed E-state index contributed by atoms with van der Waals surface area (Å²) in [4.78, 5) is 27.2. The summed E-state index contributed by atoms with van der Waals surface area (Å²) in [5.41, 5.74) is 1.59. The van der Waals surface area contributed by atoms with Gasteiger partial charge < -0.3 is 20.5 Å². The molecule has 7 nitrogen and oxygen atoms in total. The number of nitrogens with one attached hydrogen (secondary N) is 3. The van der Waals surface area contributed by atoms with Crippen LogP contribution in [0.1, 0.15) is 25.7 Å². The zero-order valence-corrected chi connectivity index (χ0v) is 18.5. The molecular formula is C22H24Cl2N6O. The summed E-state index contributed by atoms with van der Waals surface area (Å²) in [6.45, 7) is 1.41. The number of aromatic amines is 1. The Kier molecular flexibility index (Phi) is 5.63. The van der Waals surface area contributed by atoms with Crippen molar-refractivity contribution in [2.24, 2.45) is 5.92 Å². The van der Waals surface area contributed by atoms with Gasteiger partial charge in [-0.3, -0.25) is 4.79 Å². The fourth-order valence-corrected chi connectivity index (χ4v) is 4.83. The first-order valence-corrected chi connectivity index (χ1v) is 11.4. The Morgan fingerprint density at radius 2 is 1.97 bits per heavy atom. The summed E-state index contributed by atoms with van der Waals surface area (Å²) < 4.78 is 0. The molecule has 5 rings (SSSR count). The molecule has 1 aliphatic heterocycles. The first-order valence-electron chi connectivity index (χ1n) is 10.6. The van der Waals surface area contributed by atoms with Crippen molar-refractivity contribution in [2.75, 3.05) is 23.7 Å². The molecule has 0 radical (unpaired) electrons. The van der Waals surface area contributed by atoms with Crippen LogP contribution in [0.25, 0.3) is 11.0 Å². The van der Waals surface area contributed by atoms with E-state index in [-0.39, 0.29) is 18.0 Å². The fraction of sp³-hybridized carbons (Fsp3) is 0.409. The van der Waals surface area contributed by atoms with E-state index >= 15 is 0 Å². The van der Waals surface area contributed by atoms with Crippen LogP contribution in [0.15, 0.2) is 36.8 Å². The first-order chi connectivity index (χ1) is 15.1. The number of H-pyrrole nitrogens is 1. The van der Waals surface area contributed by atoms with Gasteiger partial charge in [-0.2, -0.15) is 0 Å². The van der Waals surface area contributed by atoms with Crippen molar-refractivity contribution in [1.29, 1.82) is 0 Å². The highest BCUT2D eigenvalue weighted by atomic mass is 35.5. The number of likely N-dealkylation sites (tertiary alicyclic amines) is 1. The third-order valence-corrected chi connectivity index (χ3v) is 6.41. The van der Waals surface area contributed by atoms with Gasteiger partial charge in [-0.25, -0.2) is 9.97 Å². The van der Waals surface area contributed by atoms with Crippen LogP contribution in [0, 0.1) is 5.92 Å². The molecule has 3 N–H and O–H groups in total. The number of carbonyl (C=O) groups is 1. The molecule has 1 amide bonds. The number of carbonyl (C=O) groups excluding carboxylic acids is 1. The lowest BCUT2D eigenvalue weighted by Gasteiger charge is -2.36. The molecule has 2 aliphatic rings. The van der Waals surface area contributed by atoms with Gasteiger partial charge in [0.2, 0.25) is 5.91 Å². The van der Waals surface area contributed by atoms with Gasteiger partial charge >= 0.3 is 0 Å². The molecule has 31 heavy (non-hydrogen) atoms. The molecule has 9 heteroatoms. The first kappa shape index (κ1) is 20.4. The third kappa shape index (κ3) is 4.57. The number of aromatic nitrogens is 3. The second kappa shape index (κ2) is 8.55. The number of halogens is 2. The highest BCUT2D eigenvalue weighted by Crippen LogP contribution is 2.36. The average molecular weight is 459 g/mol. The smallest absolute Gasteiger partial charge is 0.245 e. The molecule has 1 aromatic carbocycles. The Morgan fingerprint density at radius 1 is 1.16 bits per heavy atom. The summed E-state index contributed by atoms with van der Waals surface area (Å²) in [7, 11) is 0. The monoisotopic (exact) mass is 458 g/mol. The second-order valence-electron chi connectivity index (χ2n) is 8.35. The summed E-state index contributed by atoms with van der Waals surface area (Å²) >= 11 is 12.3. The van der Waals surface area contributed by atoms with Crippen LogP contribution in [0.2, 0.25) is 10.0 Å². The van der Waals surface area contributed by atoms with Crippen molar-refractivity contribution in [3.05, 3.63) is 46.8 Å². The Balaban J connectivity index is 1.29. The summed E-state index contributed by atoms with van der Waals surface area (Å²) in [5.74, 6) is 1.29. The maximum absolute atomic E-state index is 13.5. The Hall–Kier alpha value is -2.51. The molecule has 1 unspecified atom stereocenters. The lowest BCUT2D eigenvalue weighted by Crippen LogP contribution is -2.51. The maximum atomic E-state index is 13.5. The molecule has 1 saturated heterocycles. The van der Waals surface area contributed by atoms with Crippen LogP contribution in [0.5, 0.6) is 0 Å². The van der Waals surface area contributed by atoms with E-state index in [9.17, 15) is 4.79 Å². The zero-order valence-electron chi connectivity index (χ0n) is 16.9. The van der Waals surface area contributed by atoms with Gasteiger partial charge in [0.15, 0.2) is 0 Å². The van der Waals surface area contributed by atoms with Crippen LogP contribution in [0.4, 0.5) is 11.5 Å². The van der Waals surface area contributed by atoms with Crippen molar-refractivity contribution in [2.45, 2.75) is 37.8 Å². The van der Waals surface area contributed by atoms with E-state index in [0.29, 0.717) is 22.5 Å². The summed E-state index contributed by atoms with van der Waals surface area (Å²) in [6, 6.07) is 7.17. The summed E-state index contributed by atoms with van der Waals surface area (Å²) in [5, 5.41) is 8.99. The number of rotatable bonds is 6. The standard InChI is InChI=1S/C22H24Cl2N6O/c23-14-8-15(24)10-17(9-14)28-19(13-3-4-13)22(31)30-7-1-2-16(11-30)29-21-18-5-6-25-20(18)26-12-27-21/h5-6,8-10,12-13,16,19,28H,1-4,7,11H2,(H2,25,26,27,29)/t16-,19?/m1/s1. The van der Waals surface area contributed by atoms with Gasteiger partial charge in [0, 0.05) is 41.1 Å². The van der Waals surface area contributed by atoms with Crippen molar-refractivity contribution in [1.82, 2.24) is 19.9 Å². The summed E-state index contributed by atoms with van der Waals surface area (Å²) in [6.07, 6.45) is 7.46. The van der Waals surface area contributed by atoms with E-state index in [1.807, 2.05) is 29.3 Å². The number of hydrogen-bond donors (Lipinski definition) is 3. The molecule has 2 aromatic heterocycles. The average Bonchev–Trinajstić information content (AvgIpc) is 3.47. The molecule has 0 bridgehead atoms. The number of anilines is 2. The van der Waals surface area contributed by atoms with Crippen LogP contribution >= 0.6 is 23.2 Å². The van der Waals surface area contributed by atoms with Crippen LogP contribution in [-0.4, -0.2) is 50.9 Å². The number of amides is 1. The van der Waals surface area contributed by atoms with Gasteiger partial charge in [-0.1, -0.05) is 23.2 Å². The van der Waals surface area contributed by atoms with Gasteiger partial charge in [-0.05, 0) is 55.9 Å². The highest BCUT2D eigenvalue weighted by molar-refractivity contribution is 6.35. The van der Waals surface area contributed by atoms with E-state index in [4.69, 9.17) is 23.2 Å². The van der Waals surface area contributed by atoms with Gasteiger partial charge in [0.25, 0.3) is 0 Å². The minimum atomic E-state index is -0.260. The SMILES string of the molecule is O=C(C(Nc1cc(Cl)cc(Cl)c1)C1CC1)N1CCC[C@@H](Nc2ncnc3[nH]ccc23)C1. The Morgan fingerprint density at radius 3 is 2.74 bits per heavy atom. The molecule has 2 fully saturated rings. The van der Waals surface area contributed by atoms with Crippen molar-refractivity contribution in [3.63, 3.8) is 0 Å². The largest absolute Gasteiger partial charge is 0.373 e. The molecule has 2 atom stereocenters. The normalized spacial score (nSPS) is 19.9. The molecule has 1 saturated carbocycles. The molecule has 162 valence electrons. The number of nitrogens with zero attached hydrogens (tertiary/aromatic N) is 3. The lowest BCUT2D eigenvalue weighted by atomic mass is 10.0. The van der Waals surface area contributed by atoms with Crippen LogP contribution in [0.3, 0.4) is 0 Å². The van der Waals surface area contributed by atoms with Gasteiger partial charge in [0.05, 0.1) is 5.39 Å². The number of hydrogen-bond acceptors (Lipinski definition) is 5. The number of fused-ring (bicyclic) bond motifs is 1. The molecule has 3 heterocycles. The van der Waals surface area contributed by atoms with Gasteiger partial charge in [-0.15, -0.1) is 0 Å². The third-order valence-electron chi connectivity index (χ3n) is 5.97. The van der Waals surface area contributed by atoms with Crippen molar-refractivity contribution in [3.8, 4) is 0 Å². The van der Waals surface area contributed by atoms with Crippen molar-refractivity contribution >= 4 is 51.6 Å². The predicted octanol–water partition coefficient (Wildman–Crippen LogP) is 4.56. The number of benzene rings is 1. The van der Waals surface area contributed by atoms with E-state index in [1.54, 1.807) is 12.4 Å². The molecule has 3 aromatic rings. The van der Waals surface area contributed by atoms with E-state index in [2.05, 4.69) is 25.6 Å².